The third-order valence-corrected chi connectivity index (χ3v) is 8.40. The van der Waals surface area contributed by atoms with E-state index in [2.05, 4.69) is 24.0 Å². The SMILES string of the molecule is COC(=O)C1C(C)N(c2cccc(C(F)(F)F)c2)C2NNC(=O)N2[C@H]1c1ccc(C#N)cc1C[N+]1(C)CCCC1.O=C[O-]. The monoisotopic (exact) mass is 602 g/mol. The number of carbonyl (C=O) groups is 3. The molecule has 3 fully saturated rings. The molecule has 3 aliphatic rings. The normalized spacial score (nSPS) is 24.3. The van der Waals surface area contributed by atoms with Crippen LogP contribution < -0.4 is 20.9 Å². The zero-order chi connectivity index (χ0) is 31.5. The van der Waals surface area contributed by atoms with Gasteiger partial charge in [0.25, 0.3) is 0 Å². The van der Waals surface area contributed by atoms with E-state index >= 15 is 0 Å². The van der Waals surface area contributed by atoms with Gasteiger partial charge < -0.3 is 24.0 Å². The number of esters is 1. The number of anilines is 1. The quantitative estimate of drug-likeness (QED) is 0.302. The Labute approximate surface area is 247 Å². The lowest BCUT2D eigenvalue weighted by Crippen LogP contribution is -2.65. The summed E-state index contributed by atoms with van der Waals surface area (Å²) in [5, 5.41) is 17.9. The van der Waals surface area contributed by atoms with E-state index in [9.17, 15) is 28.0 Å². The summed E-state index contributed by atoms with van der Waals surface area (Å²) in [6, 6.07) is 10.3. The van der Waals surface area contributed by atoms with E-state index < -0.39 is 54.5 Å². The zero-order valence-electron chi connectivity index (χ0n) is 23.9. The number of likely N-dealkylation sites (tertiary alicyclic amines) is 1. The first-order chi connectivity index (χ1) is 20.4. The van der Waals surface area contributed by atoms with Crippen LogP contribution >= 0.6 is 0 Å². The van der Waals surface area contributed by atoms with Gasteiger partial charge in [0.15, 0.2) is 6.29 Å². The Balaban J connectivity index is 0.00000135. The number of quaternary nitrogens is 1. The molecule has 43 heavy (non-hydrogen) atoms. The Hall–Kier alpha value is -4.35. The summed E-state index contributed by atoms with van der Waals surface area (Å²) in [5.74, 6) is -1.54. The fourth-order valence-corrected chi connectivity index (χ4v) is 6.48. The second-order valence-corrected chi connectivity index (χ2v) is 11.1. The molecule has 2 aromatic rings. The van der Waals surface area contributed by atoms with Crippen molar-refractivity contribution in [2.24, 2.45) is 5.92 Å². The molecule has 0 spiro atoms. The number of nitriles is 1. The molecule has 3 aliphatic heterocycles. The van der Waals surface area contributed by atoms with Crippen LogP contribution in [0, 0.1) is 17.2 Å². The van der Waals surface area contributed by atoms with Gasteiger partial charge in [0.1, 0.15) is 12.5 Å². The highest BCUT2D eigenvalue weighted by Gasteiger charge is 2.55. The highest BCUT2D eigenvalue weighted by atomic mass is 19.4. The van der Waals surface area contributed by atoms with Crippen LogP contribution in [0.2, 0.25) is 0 Å². The van der Waals surface area contributed by atoms with Crippen LogP contribution in [0.5, 0.6) is 0 Å². The molecule has 0 aromatic heterocycles. The van der Waals surface area contributed by atoms with E-state index in [1.54, 1.807) is 24.0 Å². The van der Waals surface area contributed by atoms with Crippen molar-refractivity contribution in [2.45, 2.75) is 50.9 Å². The van der Waals surface area contributed by atoms with Crippen molar-refractivity contribution in [1.29, 1.82) is 5.26 Å². The summed E-state index contributed by atoms with van der Waals surface area (Å²) in [7, 11) is 3.41. The van der Waals surface area contributed by atoms with E-state index in [0.29, 0.717) is 17.7 Å². The summed E-state index contributed by atoms with van der Waals surface area (Å²) < 4.78 is 46.8. The van der Waals surface area contributed by atoms with E-state index in [0.717, 1.165) is 48.1 Å². The number of hydrogen-bond acceptors (Lipinski definition) is 8. The molecule has 0 aliphatic carbocycles. The molecule has 2 amide bonds. The summed E-state index contributed by atoms with van der Waals surface area (Å²) in [4.78, 5) is 38.1. The molecule has 3 saturated heterocycles. The lowest BCUT2D eigenvalue weighted by atomic mass is 9.81. The van der Waals surface area contributed by atoms with Crippen LogP contribution in [-0.2, 0) is 27.0 Å². The summed E-state index contributed by atoms with van der Waals surface area (Å²) >= 11 is 0. The third-order valence-electron chi connectivity index (χ3n) is 8.40. The van der Waals surface area contributed by atoms with Crippen LogP contribution in [0.1, 0.15) is 48.1 Å². The highest BCUT2D eigenvalue weighted by Crippen LogP contribution is 2.45. The van der Waals surface area contributed by atoms with Crippen molar-refractivity contribution < 1.29 is 41.9 Å². The van der Waals surface area contributed by atoms with Crippen molar-refractivity contribution in [3.8, 4) is 6.07 Å². The fourth-order valence-electron chi connectivity index (χ4n) is 6.48. The average Bonchev–Trinajstić information content (AvgIpc) is 3.57. The van der Waals surface area contributed by atoms with Gasteiger partial charge >= 0.3 is 18.2 Å². The Morgan fingerprint density at radius 3 is 2.49 bits per heavy atom. The number of halogens is 3. The van der Waals surface area contributed by atoms with Crippen LogP contribution in [0.3, 0.4) is 0 Å². The molecule has 230 valence electrons. The third kappa shape index (κ3) is 6.23. The van der Waals surface area contributed by atoms with E-state index in [4.69, 9.17) is 14.6 Å². The number of fused-ring (bicyclic) bond motifs is 1. The van der Waals surface area contributed by atoms with Crippen molar-refractivity contribution in [3.63, 3.8) is 0 Å². The predicted molar refractivity (Wildman–Crippen MR) is 145 cm³/mol. The molecule has 2 N–H and O–H groups in total. The summed E-state index contributed by atoms with van der Waals surface area (Å²) in [6.45, 7) is 3.79. The Morgan fingerprint density at radius 2 is 1.88 bits per heavy atom. The zero-order valence-corrected chi connectivity index (χ0v) is 23.9. The predicted octanol–water partition coefficient (Wildman–Crippen LogP) is 2.24. The van der Waals surface area contributed by atoms with Crippen molar-refractivity contribution >= 4 is 24.2 Å². The van der Waals surface area contributed by atoms with Gasteiger partial charge in [-0.3, -0.25) is 15.1 Å². The fraction of sp³-hybridized carbons (Fsp3) is 0.448. The number of amides is 2. The number of hydrazine groups is 1. The average molecular weight is 603 g/mol. The van der Waals surface area contributed by atoms with Crippen molar-refractivity contribution in [3.05, 3.63) is 64.7 Å². The topological polar surface area (TPSA) is 138 Å². The molecule has 0 bridgehead atoms. The Kier molecular flexibility index (Phi) is 9.17. The number of carboxylic acid groups (broad SMARTS) is 1. The number of carbonyl (C=O) groups excluding carboxylic acids is 3. The molecule has 0 radical (unpaired) electrons. The molecule has 2 aromatic carbocycles. The molecule has 3 heterocycles. The highest BCUT2D eigenvalue weighted by molar-refractivity contribution is 5.82. The van der Waals surface area contributed by atoms with Crippen LogP contribution in [-0.4, -0.2) is 67.4 Å². The molecule has 11 nitrogen and oxygen atoms in total. The van der Waals surface area contributed by atoms with Crippen LogP contribution in [0.15, 0.2) is 42.5 Å². The van der Waals surface area contributed by atoms with Gasteiger partial charge in [-0.15, -0.1) is 0 Å². The molecule has 4 atom stereocenters. The minimum atomic E-state index is -4.57. The molecule has 5 rings (SSSR count). The molecule has 3 unspecified atom stereocenters. The number of benzene rings is 2. The molecule has 0 saturated carbocycles. The van der Waals surface area contributed by atoms with Crippen LogP contribution in [0.4, 0.5) is 23.7 Å². The largest absolute Gasteiger partial charge is 0.554 e. The van der Waals surface area contributed by atoms with Crippen LogP contribution in [0.25, 0.3) is 0 Å². The number of hydrogen-bond donors (Lipinski definition) is 2. The van der Waals surface area contributed by atoms with E-state index in [1.807, 2.05) is 6.07 Å². The number of urea groups is 1. The van der Waals surface area contributed by atoms with Gasteiger partial charge in [-0.25, -0.2) is 4.79 Å². The number of nitrogens with one attached hydrogen (secondary N) is 2. The minimum absolute atomic E-state index is 0.198. The maximum atomic E-state index is 13.6. The number of ether oxygens (including phenoxy) is 1. The number of alkyl halides is 3. The maximum Gasteiger partial charge on any atom is 0.416 e. The van der Waals surface area contributed by atoms with E-state index in [1.165, 1.54) is 24.1 Å². The minimum Gasteiger partial charge on any atom is -0.554 e. The van der Waals surface area contributed by atoms with Gasteiger partial charge in [0.2, 0.25) is 0 Å². The van der Waals surface area contributed by atoms with Crippen molar-refractivity contribution in [1.82, 2.24) is 15.8 Å². The van der Waals surface area contributed by atoms with Gasteiger partial charge in [-0.05, 0) is 42.8 Å². The van der Waals surface area contributed by atoms with Gasteiger partial charge in [-0.1, -0.05) is 12.1 Å². The number of nitrogens with zero attached hydrogens (tertiary/aromatic N) is 4. The van der Waals surface area contributed by atoms with Crippen molar-refractivity contribution in [2.75, 3.05) is 32.1 Å². The van der Waals surface area contributed by atoms with Gasteiger partial charge in [-0.2, -0.15) is 23.9 Å². The molecular formula is C29H33F3N6O5. The number of methoxy groups -OCH3 is 1. The molecule has 14 heteroatoms. The lowest BCUT2D eigenvalue weighted by Gasteiger charge is -2.52. The second-order valence-electron chi connectivity index (χ2n) is 11.1. The smallest absolute Gasteiger partial charge is 0.416 e. The first kappa shape index (κ1) is 31.6. The van der Waals surface area contributed by atoms with E-state index in [-0.39, 0.29) is 5.69 Å². The second kappa shape index (κ2) is 12.5. The Bertz CT molecular complexity index is 1410. The lowest BCUT2D eigenvalue weighted by molar-refractivity contribution is -0.910. The maximum absolute atomic E-state index is 13.6. The van der Waals surface area contributed by atoms with Gasteiger partial charge in [0.05, 0.1) is 50.5 Å². The first-order valence-corrected chi connectivity index (χ1v) is 13.7. The molecular weight excluding hydrogens is 569 g/mol. The number of rotatable bonds is 5. The van der Waals surface area contributed by atoms with Gasteiger partial charge in [0, 0.05) is 36.6 Å². The first-order valence-electron chi connectivity index (χ1n) is 13.7. The Morgan fingerprint density at radius 1 is 1.21 bits per heavy atom. The standard InChI is InChI=1S/C28H31F3N6O3.CH2O2/c1-17-23(25(38)40-3)24(22-10-9-18(15-32)13-19(22)16-37(2)11-4-5-12-37)36-26(33-34-27(36)39)35(17)21-8-6-7-20(14-21)28(29,30)31;2-1-3/h6-10,13-14,17,23-24,26,33H,4-5,11-12,16H2,1-3H3;1H,(H,2,3)/t17?,23?,24-,26?;/m0./s1. The summed E-state index contributed by atoms with van der Waals surface area (Å²) in [6.07, 6.45) is -3.29. The summed E-state index contributed by atoms with van der Waals surface area (Å²) in [5.41, 5.74) is 6.88.